The van der Waals surface area contributed by atoms with E-state index in [9.17, 15) is 8.42 Å². The number of hydrogen-bond acceptors (Lipinski definition) is 2. The maximum Gasteiger partial charge on any atom is 0.159 e. The molecule has 0 saturated heterocycles. The lowest BCUT2D eigenvalue weighted by molar-refractivity contribution is -0.575. The lowest BCUT2D eigenvalue weighted by atomic mass is 10.0. The van der Waals surface area contributed by atoms with Crippen molar-refractivity contribution in [3.05, 3.63) is 28.5 Å². The van der Waals surface area contributed by atoms with Gasteiger partial charge in [0.25, 0.3) is 0 Å². The maximum absolute atomic E-state index is 12.2. The van der Waals surface area contributed by atoms with Crippen LogP contribution < -0.4 is 5.32 Å². The lowest BCUT2D eigenvalue weighted by Gasteiger charge is -2.31. The van der Waals surface area contributed by atoms with Crippen LogP contribution in [0.5, 0.6) is 0 Å². The van der Waals surface area contributed by atoms with E-state index in [0.717, 1.165) is 25.1 Å². The van der Waals surface area contributed by atoms with Crippen LogP contribution >= 0.6 is 0 Å². The van der Waals surface area contributed by atoms with Crippen LogP contribution in [0.1, 0.15) is 25.8 Å². The van der Waals surface area contributed by atoms with Crippen LogP contribution in [-0.2, 0) is 16.6 Å². The van der Waals surface area contributed by atoms with Crippen molar-refractivity contribution in [2.24, 2.45) is 0 Å². The molecule has 19 heavy (non-hydrogen) atoms. The molecular formula is C13H21N3O2S. The van der Waals surface area contributed by atoms with Crippen LogP contribution in [-0.4, -0.2) is 32.4 Å². The van der Waals surface area contributed by atoms with Crippen molar-refractivity contribution in [3.63, 3.8) is 0 Å². The molecular weight excluding hydrogens is 262 g/mol. The number of nitrogens with two attached hydrogens (primary N) is 1. The fraction of sp³-hybridized carbons (Fsp3) is 0.538. The van der Waals surface area contributed by atoms with Gasteiger partial charge in [-0.3, -0.25) is 0 Å². The predicted octanol–water partition coefficient (Wildman–Crippen LogP) is 1.42. The Morgan fingerprint density at radius 3 is 2.74 bits per heavy atom. The molecule has 0 spiro atoms. The second-order valence-electron chi connectivity index (χ2n) is 4.60. The van der Waals surface area contributed by atoms with Crippen LogP contribution in [0.4, 0.5) is 11.4 Å². The Morgan fingerprint density at radius 1 is 1.32 bits per heavy atom. The Labute approximate surface area is 115 Å². The number of quaternary nitrogens is 1. The third-order valence-corrected chi connectivity index (χ3v) is 5.01. The highest BCUT2D eigenvalue weighted by Crippen LogP contribution is 2.33. The molecule has 0 amide bonds. The Hall–Kier alpha value is -1.11. The van der Waals surface area contributed by atoms with Crippen LogP contribution in [0, 0.1) is 0 Å². The summed E-state index contributed by atoms with van der Waals surface area (Å²) in [5, 5.41) is 2.09. The zero-order chi connectivity index (χ0) is 13.9. The molecule has 0 atom stereocenters. The van der Waals surface area contributed by atoms with Crippen molar-refractivity contribution >= 4 is 21.6 Å². The normalized spacial score (nSPS) is 15.3. The fourth-order valence-corrected chi connectivity index (χ4v) is 3.58. The number of benzene rings is 1. The highest BCUT2D eigenvalue weighted by molar-refractivity contribution is 7.92. The Morgan fingerprint density at radius 2 is 2.05 bits per heavy atom. The van der Waals surface area contributed by atoms with E-state index in [-0.39, 0.29) is 0 Å². The van der Waals surface area contributed by atoms with Gasteiger partial charge < -0.3 is 10.0 Å². The van der Waals surface area contributed by atoms with E-state index >= 15 is 0 Å². The average Bonchev–Trinajstić information content (AvgIpc) is 2.40. The van der Waals surface area contributed by atoms with E-state index in [1.807, 2.05) is 26.0 Å². The van der Waals surface area contributed by atoms with Gasteiger partial charge in [0.05, 0.1) is 6.54 Å². The number of rotatable bonds is 5. The summed E-state index contributed by atoms with van der Waals surface area (Å²) in [4.78, 5) is 0. The summed E-state index contributed by atoms with van der Waals surface area (Å²) < 4.78 is 29.8. The molecule has 6 heteroatoms. The molecule has 106 valence electrons. The summed E-state index contributed by atoms with van der Waals surface area (Å²) in [6, 6.07) is 5.71. The zero-order valence-corrected chi connectivity index (χ0v) is 12.3. The van der Waals surface area contributed by atoms with Crippen molar-refractivity contribution in [2.45, 2.75) is 26.7 Å². The summed E-state index contributed by atoms with van der Waals surface area (Å²) in [6.45, 7) is 5.53. The average molecular weight is 283 g/mol. The summed E-state index contributed by atoms with van der Waals surface area (Å²) in [5.41, 5.74) is 2.76. The first kappa shape index (κ1) is 14.3. The molecule has 1 aliphatic rings. The molecule has 2 N–H and O–H groups in total. The molecule has 0 radical (unpaired) electrons. The van der Waals surface area contributed by atoms with Gasteiger partial charge in [-0.2, -0.15) is 0 Å². The lowest BCUT2D eigenvalue weighted by Crippen LogP contribution is -2.79. The second kappa shape index (κ2) is 5.90. The second-order valence-corrected chi connectivity index (χ2v) is 6.19. The molecule has 0 aromatic heterocycles. The fourth-order valence-electron chi connectivity index (χ4n) is 2.40. The van der Waals surface area contributed by atoms with Gasteiger partial charge in [0.15, 0.2) is 10.2 Å². The minimum atomic E-state index is -3.57. The number of fused-ring (bicyclic) bond motifs is 1. The first-order chi connectivity index (χ1) is 9.08. The minimum absolute atomic E-state index is 0.446. The smallest absolute Gasteiger partial charge is 0.159 e. The summed E-state index contributed by atoms with van der Waals surface area (Å²) in [5.74, 6) is 0. The zero-order valence-electron chi connectivity index (χ0n) is 11.5. The quantitative estimate of drug-likeness (QED) is 0.830. The van der Waals surface area contributed by atoms with E-state index in [0.29, 0.717) is 18.8 Å². The highest BCUT2D eigenvalue weighted by Gasteiger charge is 2.16. The maximum atomic E-state index is 12.2. The SMILES string of the molecule is CCN(CC)S(=O)(=O)[N-]c1cccc2c1[NH2+]CCC2. The molecule has 1 heterocycles. The summed E-state index contributed by atoms with van der Waals surface area (Å²) in [7, 11) is -3.57. The van der Waals surface area contributed by atoms with E-state index in [1.165, 1.54) is 9.87 Å². The molecule has 0 saturated carbocycles. The molecule has 0 unspecified atom stereocenters. The standard InChI is InChI=1S/C13H20N3O2S/c1-3-16(4-2)19(17,18)15-12-9-5-7-11-8-6-10-14-13(11)12/h5,7,9,14H,3-4,6,8,10H2,1-2H3/q-1/p+1. The van der Waals surface area contributed by atoms with Gasteiger partial charge in [0, 0.05) is 25.1 Å². The molecule has 0 aliphatic carbocycles. The van der Waals surface area contributed by atoms with Gasteiger partial charge in [0.2, 0.25) is 0 Å². The van der Waals surface area contributed by atoms with Crippen molar-refractivity contribution in [2.75, 3.05) is 19.6 Å². The van der Waals surface area contributed by atoms with E-state index < -0.39 is 10.2 Å². The molecule has 5 nitrogen and oxygen atoms in total. The number of para-hydroxylation sites is 1. The largest absolute Gasteiger partial charge is 0.559 e. The van der Waals surface area contributed by atoms with E-state index in [1.54, 1.807) is 6.07 Å². The highest BCUT2D eigenvalue weighted by atomic mass is 32.2. The number of aryl methyl sites for hydroxylation is 1. The molecule has 1 aliphatic heterocycles. The van der Waals surface area contributed by atoms with Gasteiger partial charge in [-0.25, -0.2) is 12.7 Å². The van der Waals surface area contributed by atoms with Crippen LogP contribution in [0.25, 0.3) is 4.72 Å². The first-order valence-electron chi connectivity index (χ1n) is 6.76. The van der Waals surface area contributed by atoms with Gasteiger partial charge in [-0.1, -0.05) is 37.7 Å². The Bertz CT molecular complexity index is 539. The third-order valence-electron chi connectivity index (χ3n) is 3.42. The van der Waals surface area contributed by atoms with Gasteiger partial charge in [0.1, 0.15) is 5.69 Å². The van der Waals surface area contributed by atoms with E-state index in [2.05, 4.69) is 10.0 Å². The van der Waals surface area contributed by atoms with Crippen molar-refractivity contribution in [3.8, 4) is 0 Å². The first-order valence-corrected chi connectivity index (χ1v) is 8.16. The molecule has 0 fully saturated rings. The van der Waals surface area contributed by atoms with Gasteiger partial charge in [-0.15, -0.1) is 0 Å². The predicted molar refractivity (Wildman–Crippen MR) is 76.1 cm³/mol. The summed E-state index contributed by atoms with van der Waals surface area (Å²) >= 11 is 0. The van der Waals surface area contributed by atoms with Crippen molar-refractivity contribution in [1.29, 1.82) is 0 Å². The van der Waals surface area contributed by atoms with Crippen LogP contribution in [0.15, 0.2) is 18.2 Å². The molecule has 1 aromatic rings. The number of nitrogens with zero attached hydrogens (tertiary/aromatic N) is 2. The molecule has 0 bridgehead atoms. The van der Waals surface area contributed by atoms with E-state index in [4.69, 9.17) is 0 Å². The van der Waals surface area contributed by atoms with Crippen molar-refractivity contribution in [1.82, 2.24) is 4.31 Å². The van der Waals surface area contributed by atoms with Crippen molar-refractivity contribution < 1.29 is 13.7 Å². The Balaban J connectivity index is 2.29. The summed E-state index contributed by atoms with van der Waals surface area (Å²) in [6.07, 6.45) is 2.12. The monoisotopic (exact) mass is 283 g/mol. The topological polar surface area (TPSA) is 68.1 Å². The van der Waals surface area contributed by atoms with Crippen LogP contribution in [0.3, 0.4) is 0 Å². The van der Waals surface area contributed by atoms with Gasteiger partial charge in [-0.05, 0) is 6.42 Å². The van der Waals surface area contributed by atoms with Gasteiger partial charge >= 0.3 is 0 Å². The minimum Gasteiger partial charge on any atom is -0.559 e. The number of hydrogen-bond donors (Lipinski definition) is 1. The molecule has 1 aromatic carbocycles. The molecule has 2 rings (SSSR count). The third kappa shape index (κ3) is 3.08. The Kier molecular flexibility index (Phi) is 4.44. The van der Waals surface area contributed by atoms with Crippen LogP contribution in [0.2, 0.25) is 0 Å².